The van der Waals surface area contributed by atoms with E-state index in [-0.39, 0.29) is 12.5 Å². The SMILES string of the molecule is CN1CCN(CCO)C(C(c2ccccc2)c2ccccc2)=N1. The van der Waals surface area contributed by atoms with Crippen LogP contribution in [-0.2, 0) is 0 Å². The van der Waals surface area contributed by atoms with Crippen LogP contribution in [0.3, 0.4) is 0 Å². The molecule has 1 aliphatic heterocycles. The van der Waals surface area contributed by atoms with Crippen molar-refractivity contribution in [3.8, 4) is 0 Å². The molecule has 0 unspecified atom stereocenters. The van der Waals surface area contributed by atoms with Gasteiger partial charge in [-0.15, -0.1) is 0 Å². The molecule has 0 atom stereocenters. The number of hydrogen-bond donors (Lipinski definition) is 1. The number of aliphatic hydroxyl groups is 1. The molecule has 4 nitrogen and oxygen atoms in total. The molecule has 1 aliphatic rings. The van der Waals surface area contributed by atoms with Gasteiger partial charge in [0, 0.05) is 20.1 Å². The Hall–Kier alpha value is -2.33. The highest BCUT2D eigenvalue weighted by Crippen LogP contribution is 2.29. The quantitative estimate of drug-likeness (QED) is 0.921. The van der Waals surface area contributed by atoms with E-state index in [4.69, 9.17) is 5.10 Å². The van der Waals surface area contributed by atoms with Crippen LogP contribution in [0.2, 0.25) is 0 Å². The summed E-state index contributed by atoms with van der Waals surface area (Å²) in [6.07, 6.45) is 0. The van der Waals surface area contributed by atoms with Gasteiger partial charge < -0.3 is 10.0 Å². The van der Waals surface area contributed by atoms with E-state index in [2.05, 4.69) is 53.4 Å². The second-order valence-electron chi connectivity index (χ2n) is 5.80. The predicted octanol–water partition coefficient (Wildman–Crippen LogP) is 2.37. The molecule has 0 radical (unpaired) electrons. The number of hydrazone groups is 1. The van der Waals surface area contributed by atoms with Crippen LogP contribution in [0.5, 0.6) is 0 Å². The van der Waals surface area contributed by atoms with Crippen molar-refractivity contribution in [2.75, 3.05) is 33.3 Å². The molecule has 0 aromatic heterocycles. The molecule has 0 aliphatic carbocycles. The third-order valence-corrected chi connectivity index (χ3v) is 4.18. The third-order valence-electron chi connectivity index (χ3n) is 4.18. The Morgan fingerprint density at radius 1 is 0.957 bits per heavy atom. The van der Waals surface area contributed by atoms with E-state index < -0.39 is 0 Å². The lowest BCUT2D eigenvalue weighted by molar-refractivity contribution is 0.208. The number of benzene rings is 2. The van der Waals surface area contributed by atoms with Crippen LogP contribution in [0.1, 0.15) is 17.0 Å². The van der Waals surface area contributed by atoms with Crippen LogP contribution in [0.4, 0.5) is 0 Å². The highest BCUT2D eigenvalue weighted by Gasteiger charge is 2.28. The van der Waals surface area contributed by atoms with Crippen LogP contribution >= 0.6 is 0 Å². The second-order valence-corrected chi connectivity index (χ2v) is 5.80. The van der Waals surface area contributed by atoms with Crippen molar-refractivity contribution in [2.45, 2.75) is 5.92 Å². The van der Waals surface area contributed by atoms with E-state index >= 15 is 0 Å². The lowest BCUT2D eigenvalue weighted by Crippen LogP contribution is -2.46. The summed E-state index contributed by atoms with van der Waals surface area (Å²) in [7, 11) is 2.00. The molecular formula is C19H23N3O. The van der Waals surface area contributed by atoms with Gasteiger partial charge in [0.2, 0.25) is 0 Å². The Kier molecular flexibility index (Phi) is 4.93. The summed E-state index contributed by atoms with van der Waals surface area (Å²) in [4.78, 5) is 2.20. The zero-order chi connectivity index (χ0) is 16.1. The number of amidine groups is 1. The van der Waals surface area contributed by atoms with Crippen molar-refractivity contribution in [1.82, 2.24) is 9.91 Å². The Morgan fingerprint density at radius 2 is 1.52 bits per heavy atom. The third kappa shape index (κ3) is 3.54. The lowest BCUT2D eigenvalue weighted by Gasteiger charge is -2.36. The van der Waals surface area contributed by atoms with E-state index in [9.17, 15) is 5.11 Å². The molecule has 4 heteroatoms. The van der Waals surface area contributed by atoms with E-state index in [0.717, 1.165) is 18.9 Å². The number of likely N-dealkylation sites (N-methyl/N-ethyl adjacent to an activating group) is 1. The maximum atomic E-state index is 9.41. The lowest BCUT2D eigenvalue weighted by atomic mass is 9.89. The van der Waals surface area contributed by atoms with Crippen LogP contribution in [0, 0.1) is 0 Å². The summed E-state index contributed by atoms with van der Waals surface area (Å²) in [5, 5.41) is 16.2. The van der Waals surface area contributed by atoms with Crippen molar-refractivity contribution in [3.05, 3.63) is 71.8 Å². The van der Waals surface area contributed by atoms with Crippen LogP contribution < -0.4 is 0 Å². The molecule has 1 N–H and O–H groups in total. The minimum absolute atomic E-state index is 0.0756. The fraction of sp³-hybridized carbons (Fsp3) is 0.316. The number of rotatable bonds is 5. The summed E-state index contributed by atoms with van der Waals surface area (Å²) < 4.78 is 0. The van der Waals surface area contributed by atoms with Gasteiger partial charge in [0.25, 0.3) is 0 Å². The Bertz CT molecular complexity index is 603. The van der Waals surface area contributed by atoms with Gasteiger partial charge in [-0.05, 0) is 11.1 Å². The van der Waals surface area contributed by atoms with Gasteiger partial charge in [0.15, 0.2) is 0 Å². The van der Waals surface area contributed by atoms with Gasteiger partial charge in [0.05, 0.1) is 19.1 Å². The fourth-order valence-corrected chi connectivity index (χ4v) is 3.04. The van der Waals surface area contributed by atoms with Crippen molar-refractivity contribution < 1.29 is 5.11 Å². The topological polar surface area (TPSA) is 39.1 Å². The van der Waals surface area contributed by atoms with Crippen LogP contribution in [-0.4, -0.2) is 54.1 Å². The smallest absolute Gasteiger partial charge is 0.137 e. The summed E-state index contributed by atoms with van der Waals surface area (Å²) in [5.74, 6) is 1.08. The van der Waals surface area contributed by atoms with E-state index in [1.54, 1.807) is 0 Å². The predicted molar refractivity (Wildman–Crippen MR) is 93.5 cm³/mol. The van der Waals surface area contributed by atoms with Gasteiger partial charge >= 0.3 is 0 Å². The van der Waals surface area contributed by atoms with Crippen molar-refractivity contribution in [3.63, 3.8) is 0 Å². The average Bonchev–Trinajstić information content (AvgIpc) is 2.60. The molecule has 0 amide bonds. The molecule has 120 valence electrons. The first-order chi connectivity index (χ1) is 11.3. The monoisotopic (exact) mass is 309 g/mol. The summed E-state index contributed by atoms with van der Waals surface area (Å²) in [5.41, 5.74) is 2.44. The molecule has 0 spiro atoms. The van der Waals surface area contributed by atoms with Crippen LogP contribution in [0.25, 0.3) is 0 Å². The summed E-state index contributed by atoms with van der Waals surface area (Å²) in [6, 6.07) is 20.9. The van der Waals surface area contributed by atoms with Crippen molar-refractivity contribution >= 4 is 5.84 Å². The molecule has 0 fully saturated rings. The molecule has 0 saturated carbocycles. The minimum Gasteiger partial charge on any atom is -0.395 e. The van der Waals surface area contributed by atoms with Crippen molar-refractivity contribution in [2.24, 2.45) is 5.10 Å². The van der Waals surface area contributed by atoms with Gasteiger partial charge in [-0.3, -0.25) is 5.01 Å². The number of nitrogens with zero attached hydrogens (tertiary/aromatic N) is 3. The molecule has 3 rings (SSSR count). The van der Waals surface area contributed by atoms with Crippen molar-refractivity contribution in [1.29, 1.82) is 0 Å². The highest BCUT2D eigenvalue weighted by molar-refractivity contribution is 5.92. The number of β-amino-alcohol motifs (C(OH)–C–C–N with tert-alkyl or cyclic N) is 1. The van der Waals surface area contributed by atoms with Gasteiger partial charge in [-0.25, -0.2) is 0 Å². The van der Waals surface area contributed by atoms with E-state index in [1.807, 2.05) is 24.2 Å². The molecule has 23 heavy (non-hydrogen) atoms. The second kappa shape index (κ2) is 7.29. The summed E-state index contributed by atoms with van der Waals surface area (Å²) >= 11 is 0. The molecule has 0 saturated heterocycles. The maximum Gasteiger partial charge on any atom is 0.137 e. The van der Waals surface area contributed by atoms with Gasteiger partial charge in [-0.1, -0.05) is 60.7 Å². The Labute approximate surface area is 137 Å². The van der Waals surface area contributed by atoms with E-state index in [1.165, 1.54) is 11.1 Å². The fourth-order valence-electron chi connectivity index (χ4n) is 3.04. The Balaban J connectivity index is 2.07. The molecule has 0 bridgehead atoms. The van der Waals surface area contributed by atoms with Gasteiger partial charge in [0.1, 0.15) is 5.84 Å². The number of aliphatic hydroxyl groups excluding tert-OH is 1. The normalized spacial score (nSPS) is 15.0. The average molecular weight is 309 g/mol. The maximum absolute atomic E-state index is 9.41. The first-order valence-electron chi connectivity index (χ1n) is 8.05. The summed E-state index contributed by atoms with van der Waals surface area (Å²) in [6.45, 7) is 2.51. The number of hydrogen-bond acceptors (Lipinski definition) is 4. The largest absolute Gasteiger partial charge is 0.395 e. The molecule has 1 heterocycles. The molecule has 2 aromatic carbocycles. The first kappa shape index (κ1) is 15.6. The van der Waals surface area contributed by atoms with Crippen LogP contribution in [0.15, 0.2) is 65.8 Å². The highest BCUT2D eigenvalue weighted by atomic mass is 16.3. The molecule has 2 aromatic rings. The Morgan fingerprint density at radius 3 is 2.04 bits per heavy atom. The van der Waals surface area contributed by atoms with Gasteiger partial charge in [-0.2, -0.15) is 5.10 Å². The zero-order valence-electron chi connectivity index (χ0n) is 13.5. The minimum atomic E-state index is 0.0756. The molecular weight excluding hydrogens is 286 g/mol. The van der Waals surface area contributed by atoms with E-state index in [0.29, 0.717) is 6.54 Å². The standard InChI is InChI=1S/C19H23N3O/c1-21-12-13-22(14-15-23)19(20-21)18(16-8-4-2-5-9-16)17-10-6-3-7-11-17/h2-11,18,23H,12-15H2,1H3. The zero-order valence-corrected chi connectivity index (χ0v) is 13.5. The first-order valence-corrected chi connectivity index (χ1v) is 8.05.